The molecule has 0 radical (unpaired) electrons. The zero-order valence-electron chi connectivity index (χ0n) is 16.2. The minimum atomic E-state index is -4.04. The molecule has 0 heterocycles. The molecule has 2 N–H and O–H groups in total. The molecule has 0 aliphatic rings. The van der Waals surface area contributed by atoms with Crippen LogP contribution in [0.4, 0.5) is 17.1 Å². The summed E-state index contributed by atoms with van der Waals surface area (Å²) in [5.74, 6) is 0.685. The smallest absolute Gasteiger partial charge is 0.295 e. The van der Waals surface area contributed by atoms with Gasteiger partial charge in [0.25, 0.3) is 15.7 Å². The van der Waals surface area contributed by atoms with Gasteiger partial charge in [0.05, 0.1) is 23.1 Å². The van der Waals surface area contributed by atoms with Gasteiger partial charge in [-0.3, -0.25) is 20.3 Å². The molecular weight excluding hydrogens is 444 g/mol. The summed E-state index contributed by atoms with van der Waals surface area (Å²) in [7, 11) is -2.49. The van der Waals surface area contributed by atoms with Gasteiger partial charge < -0.3 is 4.74 Å². The van der Waals surface area contributed by atoms with Crippen LogP contribution in [0.5, 0.6) is 5.75 Å². The third kappa shape index (κ3) is 5.71. The lowest BCUT2D eigenvalue weighted by atomic mass is 10.2. The Hall–Kier alpha value is -3.63. The first-order valence-corrected chi connectivity index (χ1v) is 10.6. The number of nitro groups is 1. The summed E-state index contributed by atoms with van der Waals surface area (Å²) < 4.78 is 32.6. The molecule has 9 nitrogen and oxygen atoms in total. The fraction of sp³-hybridized carbons (Fsp3) is 0.0500. The number of benzene rings is 3. The normalized spacial score (nSPS) is 11.3. The number of nitrogens with one attached hydrogen (secondary N) is 2. The minimum Gasteiger partial charge on any atom is -0.497 e. The first-order chi connectivity index (χ1) is 14.8. The van der Waals surface area contributed by atoms with Crippen LogP contribution in [0, 0.1) is 10.1 Å². The average molecular weight is 461 g/mol. The van der Waals surface area contributed by atoms with Crippen molar-refractivity contribution < 1.29 is 18.1 Å². The van der Waals surface area contributed by atoms with Crippen molar-refractivity contribution >= 4 is 44.9 Å². The summed E-state index contributed by atoms with van der Waals surface area (Å²) >= 11 is 5.79. The summed E-state index contributed by atoms with van der Waals surface area (Å²) in [5.41, 5.74) is 3.19. The highest BCUT2D eigenvalue weighted by molar-refractivity contribution is 7.92. The molecule has 0 saturated heterocycles. The second kappa shape index (κ2) is 9.45. The first kappa shape index (κ1) is 22.1. The fourth-order valence-electron chi connectivity index (χ4n) is 2.52. The van der Waals surface area contributed by atoms with Gasteiger partial charge in [-0.1, -0.05) is 11.6 Å². The van der Waals surface area contributed by atoms with Gasteiger partial charge in [0.1, 0.15) is 11.4 Å². The van der Waals surface area contributed by atoms with Crippen molar-refractivity contribution in [3.63, 3.8) is 0 Å². The van der Waals surface area contributed by atoms with E-state index in [1.807, 2.05) is 0 Å². The molecule has 160 valence electrons. The Bertz CT molecular complexity index is 1210. The molecule has 0 saturated carbocycles. The predicted molar refractivity (Wildman–Crippen MR) is 120 cm³/mol. The Morgan fingerprint density at radius 1 is 1.06 bits per heavy atom. The van der Waals surface area contributed by atoms with Crippen LogP contribution in [0.1, 0.15) is 5.56 Å². The number of anilines is 2. The van der Waals surface area contributed by atoms with Crippen LogP contribution < -0.4 is 14.9 Å². The SMILES string of the molecule is COc1ccc(/C=N\Nc2ccc(S(=O)(=O)Nc3ccc(Cl)cc3)cc2[N+](=O)[O-])cc1. The van der Waals surface area contributed by atoms with Crippen molar-refractivity contribution in [2.75, 3.05) is 17.3 Å². The van der Waals surface area contributed by atoms with Crippen molar-refractivity contribution in [3.05, 3.63) is 87.4 Å². The highest BCUT2D eigenvalue weighted by atomic mass is 35.5. The molecule has 11 heteroatoms. The van der Waals surface area contributed by atoms with Gasteiger partial charge in [-0.2, -0.15) is 5.10 Å². The van der Waals surface area contributed by atoms with Gasteiger partial charge >= 0.3 is 0 Å². The third-order valence-corrected chi connectivity index (χ3v) is 5.72. The first-order valence-electron chi connectivity index (χ1n) is 8.78. The van der Waals surface area contributed by atoms with Crippen molar-refractivity contribution in [2.45, 2.75) is 4.90 Å². The largest absolute Gasteiger partial charge is 0.497 e. The highest BCUT2D eigenvalue weighted by Crippen LogP contribution is 2.29. The molecule has 0 fully saturated rings. The van der Waals surface area contributed by atoms with Crippen molar-refractivity contribution in [3.8, 4) is 5.75 Å². The number of hydrazone groups is 1. The summed E-state index contributed by atoms with van der Waals surface area (Å²) in [5, 5.41) is 15.9. The molecule has 3 aromatic rings. The maximum atomic E-state index is 12.6. The summed E-state index contributed by atoms with van der Waals surface area (Å²) in [6, 6.07) is 16.5. The van der Waals surface area contributed by atoms with Gasteiger partial charge in [-0.15, -0.1) is 0 Å². The summed E-state index contributed by atoms with van der Waals surface area (Å²) in [4.78, 5) is 10.5. The zero-order chi connectivity index (χ0) is 22.4. The van der Waals surface area contributed by atoms with Crippen LogP contribution in [0.25, 0.3) is 0 Å². The molecule has 0 amide bonds. The molecular formula is C20H17ClN4O5S. The Morgan fingerprint density at radius 2 is 1.74 bits per heavy atom. The number of sulfonamides is 1. The molecule has 0 atom stereocenters. The number of methoxy groups -OCH3 is 1. The van der Waals surface area contributed by atoms with Crippen molar-refractivity contribution in [1.29, 1.82) is 0 Å². The number of halogens is 1. The minimum absolute atomic E-state index is 0.0419. The van der Waals surface area contributed by atoms with E-state index < -0.39 is 20.6 Å². The topological polar surface area (TPSA) is 123 Å². The van der Waals surface area contributed by atoms with Gasteiger partial charge in [0.2, 0.25) is 0 Å². The van der Waals surface area contributed by atoms with E-state index in [1.54, 1.807) is 31.4 Å². The maximum Gasteiger partial charge on any atom is 0.295 e. The number of hydrogen-bond donors (Lipinski definition) is 2. The van der Waals surface area contributed by atoms with Crippen molar-refractivity contribution in [1.82, 2.24) is 0 Å². The lowest BCUT2D eigenvalue weighted by molar-refractivity contribution is -0.384. The molecule has 0 unspecified atom stereocenters. The van der Waals surface area contributed by atoms with Crippen LogP contribution in [0.2, 0.25) is 5.02 Å². The maximum absolute atomic E-state index is 12.6. The van der Waals surface area contributed by atoms with Crippen molar-refractivity contribution in [2.24, 2.45) is 5.10 Å². The standard InChI is InChI=1S/C20H17ClN4O5S/c1-30-17-8-2-14(3-9-17)13-22-23-19-11-10-18(12-20(19)25(26)27)31(28,29)24-16-6-4-15(21)5-7-16/h2-13,23-24H,1H3/b22-13-. The Balaban J connectivity index is 1.80. The predicted octanol–water partition coefficient (Wildman–Crippen LogP) is 4.50. The van der Waals surface area contributed by atoms with Crippen LogP contribution in [0.15, 0.2) is 76.7 Å². The van der Waals surface area contributed by atoms with E-state index in [-0.39, 0.29) is 16.3 Å². The third-order valence-electron chi connectivity index (χ3n) is 4.09. The molecule has 3 rings (SSSR count). The second-order valence-corrected chi connectivity index (χ2v) is 8.31. The number of rotatable bonds is 8. The van der Waals surface area contributed by atoms with Crippen LogP contribution in [-0.4, -0.2) is 26.7 Å². The van der Waals surface area contributed by atoms with E-state index in [4.69, 9.17) is 16.3 Å². The monoisotopic (exact) mass is 460 g/mol. The number of nitro benzene ring substituents is 1. The van der Waals surface area contributed by atoms with Gasteiger partial charge in [0.15, 0.2) is 0 Å². The van der Waals surface area contributed by atoms with E-state index in [2.05, 4.69) is 15.2 Å². The Labute approximate surface area is 183 Å². The lowest BCUT2D eigenvalue weighted by Gasteiger charge is -2.09. The van der Waals surface area contributed by atoms with E-state index >= 15 is 0 Å². The summed E-state index contributed by atoms with van der Waals surface area (Å²) in [6.45, 7) is 0. The average Bonchev–Trinajstić information content (AvgIpc) is 2.75. The second-order valence-electron chi connectivity index (χ2n) is 6.19. The van der Waals surface area contributed by atoms with Gasteiger partial charge in [-0.25, -0.2) is 8.42 Å². The van der Waals surface area contributed by atoms with Crippen LogP contribution >= 0.6 is 11.6 Å². The number of hydrogen-bond acceptors (Lipinski definition) is 7. The number of ether oxygens (including phenoxy) is 1. The summed E-state index contributed by atoms with van der Waals surface area (Å²) in [6.07, 6.45) is 1.47. The Morgan fingerprint density at radius 3 is 2.35 bits per heavy atom. The fourth-order valence-corrected chi connectivity index (χ4v) is 3.73. The molecule has 0 bridgehead atoms. The van der Waals surface area contributed by atoms with Gasteiger partial charge in [0, 0.05) is 16.8 Å². The van der Waals surface area contributed by atoms with Gasteiger partial charge in [-0.05, 0) is 66.2 Å². The van der Waals surface area contributed by atoms with E-state index in [0.717, 1.165) is 11.6 Å². The lowest BCUT2D eigenvalue weighted by Crippen LogP contribution is -2.13. The molecule has 0 aliphatic carbocycles. The van der Waals surface area contributed by atoms with E-state index in [1.165, 1.54) is 42.6 Å². The molecule has 31 heavy (non-hydrogen) atoms. The van der Waals surface area contributed by atoms with E-state index in [9.17, 15) is 18.5 Å². The van der Waals surface area contributed by atoms with Crippen LogP contribution in [-0.2, 0) is 10.0 Å². The molecule has 0 aromatic heterocycles. The number of nitrogens with zero attached hydrogens (tertiary/aromatic N) is 2. The molecule has 0 spiro atoms. The van der Waals surface area contributed by atoms with E-state index in [0.29, 0.717) is 10.8 Å². The highest BCUT2D eigenvalue weighted by Gasteiger charge is 2.21. The quantitative estimate of drug-likeness (QED) is 0.290. The zero-order valence-corrected chi connectivity index (χ0v) is 17.7. The van der Waals surface area contributed by atoms with Crippen LogP contribution in [0.3, 0.4) is 0 Å². The molecule has 3 aromatic carbocycles. The Kier molecular flexibility index (Phi) is 6.73. The molecule has 0 aliphatic heterocycles.